The van der Waals surface area contributed by atoms with Gasteiger partial charge in [0.25, 0.3) is 0 Å². The molecular formula is C13H22O2. The Balaban J connectivity index is 3.08. The van der Waals surface area contributed by atoms with Gasteiger partial charge in [0, 0.05) is 6.42 Å². The fourth-order valence-corrected chi connectivity index (χ4v) is 1.44. The van der Waals surface area contributed by atoms with Gasteiger partial charge in [-0.2, -0.15) is 0 Å². The number of allylic oxidation sites excluding steroid dienone is 2. The molecule has 0 spiro atoms. The highest BCUT2D eigenvalue weighted by Gasteiger charge is 1.96. The lowest BCUT2D eigenvalue weighted by molar-refractivity contribution is -0.137. The predicted octanol–water partition coefficient (Wildman–Crippen LogP) is 3.93. The third kappa shape index (κ3) is 10.9. The number of carboxylic acids is 1. The first-order valence-electron chi connectivity index (χ1n) is 5.69. The Kier molecular flexibility index (Phi) is 8.84. The molecule has 0 aliphatic carbocycles. The number of rotatable bonds is 10. The molecule has 0 heterocycles. The van der Waals surface area contributed by atoms with E-state index < -0.39 is 5.97 Å². The van der Waals surface area contributed by atoms with Crippen LogP contribution in [0.4, 0.5) is 0 Å². The van der Waals surface area contributed by atoms with Crippen LogP contribution in [0.15, 0.2) is 24.8 Å². The van der Waals surface area contributed by atoms with Gasteiger partial charge in [0.2, 0.25) is 0 Å². The molecule has 1 N–H and O–H groups in total. The smallest absolute Gasteiger partial charge is 0.303 e. The normalized spacial score (nSPS) is 9.87. The van der Waals surface area contributed by atoms with Gasteiger partial charge in [-0.05, 0) is 19.3 Å². The van der Waals surface area contributed by atoms with E-state index in [4.69, 9.17) is 5.11 Å². The van der Waals surface area contributed by atoms with Gasteiger partial charge in [0.05, 0.1) is 0 Å². The van der Waals surface area contributed by atoms with Gasteiger partial charge in [0.1, 0.15) is 0 Å². The molecule has 0 bridgehead atoms. The summed E-state index contributed by atoms with van der Waals surface area (Å²) in [7, 11) is 0. The van der Waals surface area contributed by atoms with Gasteiger partial charge in [-0.3, -0.25) is 4.79 Å². The second kappa shape index (κ2) is 9.50. The average molecular weight is 210 g/mol. The van der Waals surface area contributed by atoms with Crippen molar-refractivity contribution < 1.29 is 9.90 Å². The molecule has 0 aliphatic heterocycles. The maximum absolute atomic E-state index is 10.2. The molecule has 0 saturated carbocycles. The lowest BCUT2D eigenvalue weighted by Gasteiger charge is -2.01. The highest BCUT2D eigenvalue weighted by Crippen LogP contribution is 2.11. The van der Waals surface area contributed by atoms with Crippen LogP contribution in [0.3, 0.4) is 0 Å². The molecule has 0 aliphatic rings. The van der Waals surface area contributed by atoms with E-state index in [2.05, 4.69) is 13.2 Å². The molecule has 2 nitrogen and oxygen atoms in total. The highest BCUT2D eigenvalue weighted by atomic mass is 16.4. The van der Waals surface area contributed by atoms with E-state index in [9.17, 15) is 4.79 Å². The molecule has 0 aromatic carbocycles. The van der Waals surface area contributed by atoms with E-state index in [1.807, 2.05) is 6.08 Å². The Morgan fingerprint density at radius 3 is 1.93 bits per heavy atom. The van der Waals surface area contributed by atoms with Crippen molar-refractivity contribution in [1.82, 2.24) is 0 Å². The van der Waals surface area contributed by atoms with E-state index in [1.165, 1.54) is 19.3 Å². The molecule has 0 rings (SSSR count). The minimum Gasteiger partial charge on any atom is -0.481 e. The van der Waals surface area contributed by atoms with Crippen molar-refractivity contribution in [2.75, 3.05) is 0 Å². The number of carbonyl (C=O) groups is 1. The fraction of sp³-hybridized carbons (Fsp3) is 0.615. The molecule has 0 atom stereocenters. The van der Waals surface area contributed by atoms with E-state index in [-0.39, 0.29) is 0 Å². The highest BCUT2D eigenvalue weighted by molar-refractivity contribution is 5.66. The number of hydrogen-bond donors (Lipinski definition) is 1. The Labute approximate surface area is 92.7 Å². The number of carboxylic acid groups (broad SMARTS) is 1. The van der Waals surface area contributed by atoms with Crippen LogP contribution in [-0.2, 0) is 4.79 Å². The van der Waals surface area contributed by atoms with Gasteiger partial charge in [-0.25, -0.2) is 0 Å². The first-order valence-corrected chi connectivity index (χ1v) is 5.69. The summed E-state index contributed by atoms with van der Waals surface area (Å²) in [6.07, 6.45) is 9.74. The van der Waals surface area contributed by atoms with Crippen molar-refractivity contribution in [2.45, 2.75) is 51.4 Å². The first-order chi connectivity index (χ1) is 7.16. The third-order valence-corrected chi connectivity index (χ3v) is 2.43. The van der Waals surface area contributed by atoms with Gasteiger partial charge in [-0.15, -0.1) is 0 Å². The third-order valence-electron chi connectivity index (χ3n) is 2.43. The molecule has 0 aromatic rings. The fourth-order valence-electron chi connectivity index (χ4n) is 1.44. The molecule has 15 heavy (non-hydrogen) atoms. The Bertz CT molecular complexity index is 207. The SMILES string of the molecule is C=CC(=C)CCCCCCCCC(=O)O. The predicted molar refractivity (Wildman–Crippen MR) is 63.9 cm³/mol. The summed E-state index contributed by atoms with van der Waals surface area (Å²) in [6, 6.07) is 0. The summed E-state index contributed by atoms with van der Waals surface area (Å²) in [5.74, 6) is -0.683. The summed E-state index contributed by atoms with van der Waals surface area (Å²) in [6.45, 7) is 7.52. The van der Waals surface area contributed by atoms with Crippen molar-refractivity contribution in [3.8, 4) is 0 Å². The Morgan fingerprint density at radius 2 is 1.47 bits per heavy atom. The van der Waals surface area contributed by atoms with Crippen LogP contribution >= 0.6 is 0 Å². The second-order valence-electron chi connectivity index (χ2n) is 3.88. The number of unbranched alkanes of at least 4 members (excludes halogenated alkanes) is 5. The number of aliphatic carboxylic acids is 1. The first kappa shape index (κ1) is 13.9. The molecule has 0 saturated heterocycles. The molecular weight excluding hydrogens is 188 g/mol. The standard InChI is InChI=1S/C13H22O2/c1-3-12(2)10-8-6-4-5-7-9-11-13(14)15/h3H,1-2,4-11H2,(H,14,15). The van der Waals surface area contributed by atoms with Crippen LogP contribution in [0.1, 0.15) is 51.4 Å². The summed E-state index contributed by atoms with van der Waals surface area (Å²) in [5.41, 5.74) is 1.11. The zero-order valence-corrected chi connectivity index (χ0v) is 9.50. The van der Waals surface area contributed by atoms with Crippen molar-refractivity contribution in [2.24, 2.45) is 0 Å². The molecule has 0 fully saturated rings. The van der Waals surface area contributed by atoms with Gasteiger partial charge in [0.15, 0.2) is 0 Å². The van der Waals surface area contributed by atoms with Crippen LogP contribution in [0.5, 0.6) is 0 Å². The molecule has 0 aromatic heterocycles. The summed E-state index contributed by atoms with van der Waals surface area (Å²) >= 11 is 0. The molecule has 0 radical (unpaired) electrons. The van der Waals surface area contributed by atoms with Crippen LogP contribution < -0.4 is 0 Å². The van der Waals surface area contributed by atoms with Crippen LogP contribution in [0.2, 0.25) is 0 Å². The average Bonchev–Trinajstić information content (AvgIpc) is 2.21. The molecule has 0 amide bonds. The summed E-state index contributed by atoms with van der Waals surface area (Å²) in [5, 5.41) is 8.42. The largest absolute Gasteiger partial charge is 0.481 e. The maximum atomic E-state index is 10.2. The lowest BCUT2D eigenvalue weighted by atomic mass is 10.1. The minimum absolute atomic E-state index is 0.313. The van der Waals surface area contributed by atoms with Crippen LogP contribution in [-0.4, -0.2) is 11.1 Å². The molecule has 86 valence electrons. The zero-order chi connectivity index (χ0) is 11.5. The maximum Gasteiger partial charge on any atom is 0.303 e. The van der Waals surface area contributed by atoms with Crippen molar-refractivity contribution in [3.05, 3.63) is 24.8 Å². The van der Waals surface area contributed by atoms with E-state index >= 15 is 0 Å². The number of hydrogen-bond acceptors (Lipinski definition) is 1. The Morgan fingerprint density at radius 1 is 1.00 bits per heavy atom. The van der Waals surface area contributed by atoms with Crippen molar-refractivity contribution in [3.63, 3.8) is 0 Å². The monoisotopic (exact) mass is 210 g/mol. The topological polar surface area (TPSA) is 37.3 Å². The van der Waals surface area contributed by atoms with E-state index in [0.29, 0.717) is 6.42 Å². The van der Waals surface area contributed by atoms with Crippen LogP contribution in [0, 0.1) is 0 Å². The van der Waals surface area contributed by atoms with E-state index in [0.717, 1.165) is 31.3 Å². The van der Waals surface area contributed by atoms with Crippen molar-refractivity contribution >= 4 is 5.97 Å². The van der Waals surface area contributed by atoms with Gasteiger partial charge >= 0.3 is 5.97 Å². The quantitative estimate of drug-likeness (QED) is 0.438. The lowest BCUT2D eigenvalue weighted by Crippen LogP contribution is -1.93. The summed E-state index contributed by atoms with van der Waals surface area (Å²) < 4.78 is 0. The Hall–Kier alpha value is -1.05. The second-order valence-corrected chi connectivity index (χ2v) is 3.88. The zero-order valence-electron chi connectivity index (χ0n) is 9.50. The van der Waals surface area contributed by atoms with Crippen LogP contribution in [0.25, 0.3) is 0 Å². The minimum atomic E-state index is -0.683. The van der Waals surface area contributed by atoms with Crippen molar-refractivity contribution in [1.29, 1.82) is 0 Å². The summed E-state index contributed by atoms with van der Waals surface area (Å²) in [4.78, 5) is 10.2. The molecule has 2 heteroatoms. The molecule has 0 unspecified atom stereocenters. The van der Waals surface area contributed by atoms with Gasteiger partial charge < -0.3 is 5.11 Å². The van der Waals surface area contributed by atoms with Gasteiger partial charge in [-0.1, -0.05) is 50.5 Å². The van der Waals surface area contributed by atoms with E-state index in [1.54, 1.807) is 0 Å².